The molecule has 2 aromatic heterocycles. The van der Waals surface area contributed by atoms with Crippen LogP contribution >= 0.6 is 0 Å². The minimum absolute atomic E-state index is 0.0266. The van der Waals surface area contributed by atoms with Gasteiger partial charge in [0.05, 0.1) is 12.9 Å². The molecule has 0 spiro atoms. The number of carboxylic acid groups (broad SMARTS) is 1. The lowest BCUT2D eigenvalue weighted by Crippen LogP contribution is -2.33. The molecule has 1 saturated heterocycles. The Balaban J connectivity index is 2.01. The van der Waals surface area contributed by atoms with E-state index in [4.69, 9.17) is 14.9 Å². The average molecular weight is 355 g/mol. The summed E-state index contributed by atoms with van der Waals surface area (Å²) in [5, 5.41) is 40.6. The first kappa shape index (κ1) is 17.3. The molecule has 12 nitrogen and oxygen atoms in total. The van der Waals surface area contributed by atoms with Gasteiger partial charge in [-0.1, -0.05) is 0 Å². The van der Waals surface area contributed by atoms with E-state index >= 15 is 0 Å². The standard InChI is InChI=1S/C13H17N5O7/c1-4(12(23)24)15-13-16-9-6(10(22)17-13)14-3-18(9)11-8(21)7(20)5(2-19)25-11/h3-5,7-8,11,19-21H,2H2,1H3,(H,23,24)(H2,15,16,17,22)/t4-,5+,7+,8+,11+/m0/s1. The van der Waals surface area contributed by atoms with Gasteiger partial charge in [-0.05, 0) is 6.92 Å². The van der Waals surface area contributed by atoms with Crippen molar-refractivity contribution in [3.63, 3.8) is 0 Å². The Hall–Kier alpha value is -2.54. The summed E-state index contributed by atoms with van der Waals surface area (Å²) in [6.07, 6.45) is -3.60. The normalized spacial score (nSPS) is 27.5. The van der Waals surface area contributed by atoms with Crippen LogP contribution in [0.15, 0.2) is 11.1 Å². The van der Waals surface area contributed by atoms with E-state index in [0.29, 0.717) is 0 Å². The van der Waals surface area contributed by atoms with Crippen LogP contribution in [-0.2, 0) is 9.53 Å². The lowest BCUT2D eigenvalue weighted by molar-refractivity contribution is -0.137. The van der Waals surface area contributed by atoms with Gasteiger partial charge in [-0.15, -0.1) is 0 Å². The number of rotatable bonds is 5. The summed E-state index contributed by atoms with van der Waals surface area (Å²) in [5.41, 5.74) is -0.638. The van der Waals surface area contributed by atoms with Gasteiger partial charge in [0.25, 0.3) is 5.56 Å². The summed E-state index contributed by atoms with van der Waals surface area (Å²) in [6, 6.07) is -1.01. The van der Waals surface area contributed by atoms with Crippen LogP contribution in [0.3, 0.4) is 0 Å². The van der Waals surface area contributed by atoms with Gasteiger partial charge < -0.3 is 30.5 Å². The summed E-state index contributed by atoms with van der Waals surface area (Å²) in [4.78, 5) is 33.4. The molecular weight excluding hydrogens is 338 g/mol. The van der Waals surface area contributed by atoms with Gasteiger partial charge in [0.15, 0.2) is 17.4 Å². The van der Waals surface area contributed by atoms with Crippen LogP contribution in [0.1, 0.15) is 13.2 Å². The van der Waals surface area contributed by atoms with Gasteiger partial charge >= 0.3 is 5.97 Å². The lowest BCUT2D eigenvalue weighted by Gasteiger charge is -2.17. The molecule has 0 radical (unpaired) electrons. The van der Waals surface area contributed by atoms with Crippen LogP contribution in [0.5, 0.6) is 0 Å². The van der Waals surface area contributed by atoms with Gasteiger partial charge in [-0.25, -0.2) is 4.98 Å². The predicted molar refractivity (Wildman–Crippen MR) is 81.9 cm³/mol. The van der Waals surface area contributed by atoms with Crippen molar-refractivity contribution in [2.75, 3.05) is 11.9 Å². The molecule has 1 fully saturated rings. The highest BCUT2D eigenvalue weighted by Crippen LogP contribution is 2.30. The van der Waals surface area contributed by atoms with Crippen molar-refractivity contribution >= 4 is 23.1 Å². The monoisotopic (exact) mass is 355 g/mol. The number of fused-ring (bicyclic) bond motifs is 1. The van der Waals surface area contributed by atoms with E-state index in [9.17, 15) is 19.8 Å². The SMILES string of the molecule is C[C@H](Nc1nc2c(ncn2[C@@H]2O[C@H](CO)[C@@H](O)[C@H]2O)c(=O)[nH]1)C(=O)O. The third-order valence-electron chi connectivity index (χ3n) is 3.95. The molecule has 1 aliphatic heterocycles. The van der Waals surface area contributed by atoms with E-state index in [0.717, 1.165) is 0 Å². The van der Waals surface area contributed by atoms with E-state index in [2.05, 4.69) is 20.3 Å². The van der Waals surface area contributed by atoms with Gasteiger partial charge in [0.2, 0.25) is 5.95 Å². The molecule has 2 aromatic rings. The third-order valence-corrected chi connectivity index (χ3v) is 3.95. The van der Waals surface area contributed by atoms with E-state index in [1.165, 1.54) is 17.8 Å². The number of anilines is 1. The quantitative estimate of drug-likeness (QED) is 0.338. The molecule has 12 heteroatoms. The first-order chi connectivity index (χ1) is 11.8. The molecule has 0 aromatic carbocycles. The Labute approximate surface area is 139 Å². The van der Waals surface area contributed by atoms with E-state index in [1.807, 2.05) is 0 Å². The fourth-order valence-corrected chi connectivity index (χ4v) is 2.56. The van der Waals surface area contributed by atoms with Crippen molar-refractivity contribution < 1.29 is 30.0 Å². The molecule has 5 atom stereocenters. The van der Waals surface area contributed by atoms with Gasteiger partial charge in [0.1, 0.15) is 24.4 Å². The second-order valence-corrected chi connectivity index (χ2v) is 5.67. The maximum Gasteiger partial charge on any atom is 0.325 e. The molecule has 25 heavy (non-hydrogen) atoms. The van der Waals surface area contributed by atoms with Crippen LogP contribution < -0.4 is 10.9 Å². The minimum atomic E-state index is -1.37. The van der Waals surface area contributed by atoms with Crippen LogP contribution in [0.4, 0.5) is 5.95 Å². The number of carbonyl (C=O) groups is 1. The number of H-pyrrole nitrogens is 1. The van der Waals surface area contributed by atoms with Crippen LogP contribution in [0.2, 0.25) is 0 Å². The summed E-state index contributed by atoms with van der Waals surface area (Å²) < 4.78 is 6.63. The minimum Gasteiger partial charge on any atom is -0.480 e. The summed E-state index contributed by atoms with van der Waals surface area (Å²) in [5.74, 6) is -1.24. The number of aliphatic hydroxyl groups is 3. The second kappa shape index (κ2) is 6.40. The number of hydrogen-bond donors (Lipinski definition) is 6. The Morgan fingerprint density at radius 2 is 2.20 bits per heavy atom. The summed E-state index contributed by atoms with van der Waals surface area (Å²) in [6.45, 7) is 0.869. The average Bonchev–Trinajstić information content (AvgIpc) is 3.10. The number of ether oxygens (including phenoxy) is 1. The van der Waals surface area contributed by atoms with Gasteiger partial charge in [0, 0.05) is 0 Å². The van der Waals surface area contributed by atoms with Crippen LogP contribution in [-0.4, -0.2) is 76.9 Å². The zero-order chi connectivity index (χ0) is 18.3. The highest BCUT2D eigenvalue weighted by atomic mass is 16.6. The molecule has 0 amide bonds. The zero-order valence-corrected chi connectivity index (χ0v) is 13.0. The number of nitrogens with one attached hydrogen (secondary N) is 2. The number of aliphatic hydroxyl groups excluding tert-OH is 3. The number of carboxylic acids is 1. The van der Waals surface area contributed by atoms with Gasteiger partial charge in [-0.3, -0.25) is 19.1 Å². The lowest BCUT2D eigenvalue weighted by atomic mass is 10.1. The molecular formula is C13H17N5O7. The van der Waals surface area contributed by atoms with Crippen molar-refractivity contribution in [2.45, 2.75) is 37.5 Å². The van der Waals surface area contributed by atoms with Crippen molar-refractivity contribution in [3.8, 4) is 0 Å². The molecule has 3 rings (SSSR count). The number of aromatic amines is 1. The van der Waals surface area contributed by atoms with Crippen molar-refractivity contribution in [3.05, 3.63) is 16.7 Å². The van der Waals surface area contributed by atoms with Crippen molar-refractivity contribution in [2.24, 2.45) is 0 Å². The predicted octanol–water partition coefficient (Wildman–Crippen LogP) is -2.38. The first-order valence-corrected chi connectivity index (χ1v) is 7.42. The topological polar surface area (TPSA) is 183 Å². The number of nitrogens with zero attached hydrogens (tertiary/aromatic N) is 3. The summed E-state index contributed by atoms with van der Waals surface area (Å²) >= 11 is 0. The zero-order valence-electron chi connectivity index (χ0n) is 13.0. The first-order valence-electron chi connectivity index (χ1n) is 7.42. The molecule has 136 valence electrons. The smallest absolute Gasteiger partial charge is 0.325 e. The fraction of sp³-hybridized carbons (Fsp3) is 0.538. The van der Waals surface area contributed by atoms with E-state index < -0.39 is 48.7 Å². The molecule has 6 N–H and O–H groups in total. The Morgan fingerprint density at radius 1 is 1.48 bits per heavy atom. The highest BCUT2D eigenvalue weighted by molar-refractivity contribution is 5.77. The second-order valence-electron chi connectivity index (χ2n) is 5.67. The maximum atomic E-state index is 12.1. The number of imidazole rings is 1. The molecule has 3 heterocycles. The Kier molecular flexibility index (Phi) is 4.43. The molecule has 0 aliphatic carbocycles. The van der Waals surface area contributed by atoms with Gasteiger partial charge in [-0.2, -0.15) is 4.98 Å². The third kappa shape index (κ3) is 2.95. The van der Waals surface area contributed by atoms with Crippen molar-refractivity contribution in [1.29, 1.82) is 0 Å². The molecule has 0 bridgehead atoms. The van der Waals surface area contributed by atoms with Crippen LogP contribution in [0.25, 0.3) is 11.2 Å². The Bertz CT molecular complexity index is 849. The van der Waals surface area contributed by atoms with Crippen LogP contribution in [0, 0.1) is 0 Å². The highest BCUT2D eigenvalue weighted by Gasteiger charge is 2.44. The van der Waals surface area contributed by atoms with E-state index in [1.54, 1.807) is 0 Å². The molecule has 1 aliphatic rings. The Morgan fingerprint density at radius 3 is 2.80 bits per heavy atom. The van der Waals surface area contributed by atoms with Crippen molar-refractivity contribution in [1.82, 2.24) is 19.5 Å². The number of aliphatic carboxylic acids is 1. The maximum absolute atomic E-state index is 12.1. The molecule has 0 saturated carbocycles. The summed E-state index contributed by atoms with van der Waals surface area (Å²) in [7, 11) is 0. The number of aromatic nitrogens is 4. The largest absolute Gasteiger partial charge is 0.480 e. The van der Waals surface area contributed by atoms with E-state index in [-0.39, 0.29) is 17.1 Å². The fourth-order valence-electron chi connectivity index (χ4n) is 2.56. The number of hydrogen-bond acceptors (Lipinski definition) is 9. The molecule has 0 unspecified atom stereocenters.